The van der Waals surface area contributed by atoms with Crippen LogP contribution in [0, 0.1) is 0 Å². The first-order valence-electron chi connectivity index (χ1n) is 5.08. The van der Waals surface area contributed by atoms with Crippen LogP contribution in [0.4, 0.5) is 0 Å². The molecule has 0 atom stereocenters. The second kappa shape index (κ2) is 4.13. The van der Waals surface area contributed by atoms with Gasteiger partial charge in [-0.25, -0.2) is 0 Å². The molecule has 0 aliphatic carbocycles. The Morgan fingerprint density at radius 3 is 2.88 bits per heavy atom. The summed E-state index contributed by atoms with van der Waals surface area (Å²) in [5, 5.41) is 4.99. The highest BCUT2D eigenvalue weighted by molar-refractivity contribution is 9.10. The predicted molar refractivity (Wildman–Crippen MR) is 74.7 cm³/mol. The molecule has 4 heteroatoms. The van der Waals surface area contributed by atoms with Crippen LogP contribution in [0.2, 0.25) is 0 Å². The number of carbonyl (C=O) groups is 1. The highest BCUT2D eigenvalue weighted by Crippen LogP contribution is 2.31. The van der Waals surface area contributed by atoms with E-state index in [2.05, 4.69) is 20.9 Å². The highest BCUT2D eigenvalue weighted by atomic mass is 79.9. The quantitative estimate of drug-likeness (QED) is 0.696. The zero-order valence-electron chi connectivity index (χ0n) is 8.74. The fraction of sp³-hybridized carbons (Fsp3) is 0. The number of benzene rings is 1. The van der Waals surface area contributed by atoms with Crippen LogP contribution < -0.4 is 0 Å². The molecular weight excluding hydrogens is 298 g/mol. The fourth-order valence-electron chi connectivity index (χ4n) is 1.94. The second-order valence-corrected chi connectivity index (χ2v) is 5.43. The molecular formula is C13H8BrNOS. The minimum Gasteiger partial charge on any atom is -0.354 e. The van der Waals surface area contributed by atoms with Crippen LogP contribution in [0.25, 0.3) is 22.2 Å². The summed E-state index contributed by atoms with van der Waals surface area (Å²) in [7, 11) is 0. The number of nitrogens with one attached hydrogen (secondary N) is 1. The molecule has 0 fully saturated rings. The minimum absolute atomic E-state index is 0.722. The average Bonchev–Trinajstić information content (AvgIpc) is 2.94. The van der Waals surface area contributed by atoms with E-state index < -0.39 is 0 Å². The van der Waals surface area contributed by atoms with Crippen molar-refractivity contribution in [2.24, 2.45) is 0 Å². The van der Waals surface area contributed by atoms with Crippen molar-refractivity contribution in [1.82, 2.24) is 4.98 Å². The van der Waals surface area contributed by atoms with E-state index in [0.717, 1.165) is 38.5 Å². The predicted octanol–water partition coefficient (Wildman–Crippen LogP) is 4.47. The number of thiophene rings is 1. The molecule has 0 aliphatic heterocycles. The molecule has 0 bridgehead atoms. The Morgan fingerprint density at radius 2 is 2.18 bits per heavy atom. The largest absolute Gasteiger partial charge is 0.354 e. The molecule has 0 saturated heterocycles. The van der Waals surface area contributed by atoms with Gasteiger partial charge in [0.15, 0.2) is 6.29 Å². The van der Waals surface area contributed by atoms with Crippen molar-refractivity contribution in [2.45, 2.75) is 0 Å². The summed E-state index contributed by atoms with van der Waals surface area (Å²) in [6, 6.07) is 7.91. The third-order valence-electron chi connectivity index (χ3n) is 2.73. The van der Waals surface area contributed by atoms with Crippen LogP contribution in [0.1, 0.15) is 10.4 Å². The van der Waals surface area contributed by atoms with Crippen molar-refractivity contribution >= 4 is 44.5 Å². The highest BCUT2D eigenvalue weighted by Gasteiger charge is 2.12. The molecule has 84 valence electrons. The number of rotatable bonds is 2. The Kier molecular flexibility index (Phi) is 2.61. The number of carbonyl (C=O) groups excluding carboxylic acids is 1. The molecule has 2 aromatic heterocycles. The molecule has 0 spiro atoms. The zero-order chi connectivity index (χ0) is 11.8. The third-order valence-corrected chi connectivity index (χ3v) is 3.90. The number of fused-ring (bicyclic) bond motifs is 1. The van der Waals surface area contributed by atoms with Crippen LogP contribution in [0.3, 0.4) is 0 Å². The maximum absolute atomic E-state index is 11.3. The van der Waals surface area contributed by atoms with Gasteiger partial charge in [-0.15, -0.1) is 0 Å². The van der Waals surface area contributed by atoms with Crippen molar-refractivity contribution in [3.63, 3.8) is 0 Å². The molecule has 0 radical (unpaired) electrons. The number of halogens is 1. The number of aromatic amines is 1. The molecule has 3 aromatic rings. The van der Waals surface area contributed by atoms with Crippen LogP contribution >= 0.6 is 27.3 Å². The topological polar surface area (TPSA) is 32.9 Å². The van der Waals surface area contributed by atoms with Gasteiger partial charge in [-0.3, -0.25) is 4.79 Å². The van der Waals surface area contributed by atoms with Crippen LogP contribution in [0.5, 0.6) is 0 Å². The lowest BCUT2D eigenvalue weighted by Crippen LogP contribution is -1.81. The fourth-order valence-corrected chi connectivity index (χ4v) is 2.95. The average molecular weight is 306 g/mol. The van der Waals surface area contributed by atoms with Crippen molar-refractivity contribution in [3.05, 3.63) is 45.1 Å². The van der Waals surface area contributed by atoms with E-state index in [9.17, 15) is 4.79 Å². The SMILES string of the molecule is O=Cc1c(-c2ccsc2)[nH]c2ccc(Br)cc12. The molecule has 3 rings (SSSR count). The summed E-state index contributed by atoms with van der Waals surface area (Å²) >= 11 is 5.05. The zero-order valence-corrected chi connectivity index (χ0v) is 11.1. The number of hydrogen-bond acceptors (Lipinski definition) is 2. The van der Waals surface area contributed by atoms with Gasteiger partial charge in [0, 0.05) is 31.9 Å². The molecule has 2 nitrogen and oxygen atoms in total. The first-order chi connectivity index (χ1) is 8.29. The Labute approximate surface area is 110 Å². The molecule has 0 aliphatic rings. The molecule has 1 N–H and O–H groups in total. The van der Waals surface area contributed by atoms with Crippen molar-refractivity contribution in [2.75, 3.05) is 0 Å². The Morgan fingerprint density at radius 1 is 1.29 bits per heavy atom. The second-order valence-electron chi connectivity index (χ2n) is 3.73. The number of H-pyrrole nitrogens is 1. The standard InChI is InChI=1S/C13H8BrNOS/c14-9-1-2-12-10(5-9)11(6-16)13(15-12)8-3-4-17-7-8/h1-7,15H. The summed E-state index contributed by atoms with van der Waals surface area (Å²) in [6.45, 7) is 0. The van der Waals surface area contributed by atoms with E-state index in [-0.39, 0.29) is 0 Å². The molecule has 0 amide bonds. The van der Waals surface area contributed by atoms with Crippen molar-refractivity contribution in [1.29, 1.82) is 0 Å². The van der Waals surface area contributed by atoms with Gasteiger partial charge in [0.25, 0.3) is 0 Å². The maximum atomic E-state index is 11.3. The van der Waals surface area contributed by atoms with Gasteiger partial charge in [0.2, 0.25) is 0 Å². The normalized spacial score (nSPS) is 10.9. The number of hydrogen-bond donors (Lipinski definition) is 1. The molecule has 2 heterocycles. The lowest BCUT2D eigenvalue weighted by molar-refractivity contribution is 0.112. The maximum Gasteiger partial charge on any atom is 0.152 e. The first kappa shape index (κ1) is 10.7. The summed E-state index contributed by atoms with van der Waals surface area (Å²) < 4.78 is 0.976. The van der Waals surface area contributed by atoms with Gasteiger partial charge >= 0.3 is 0 Å². The van der Waals surface area contributed by atoms with Crippen molar-refractivity contribution < 1.29 is 4.79 Å². The van der Waals surface area contributed by atoms with E-state index in [1.165, 1.54) is 0 Å². The van der Waals surface area contributed by atoms with Crippen LogP contribution in [-0.4, -0.2) is 11.3 Å². The first-order valence-corrected chi connectivity index (χ1v) is 6.82. The molecule has 0 unspecified atom stereocenters. The van der Waals surface area contributed by atoms with Gasteiger partial charge in [-0.05, 0) is 29.6 Å². The number of aromatic nitrogens is 1. The Balaban J connectivity index is 2.36. The van der Waals surface area contributed by atoms with E-state index >= 15 is 0 Å². The number of aldehydes is 1. The van der Waals surface area contributed by atoms with E-state index in [1.54, 1.807) is 11.3 Å². The van der Waals surface area contributed by atoms with Gasteiger partial charge in [-0.1, -0.05) is 15.9 Å². The van der Waals surface area contributed by atoms with Crippen LogP contribution in [0.15, 0.2) is 39.5 Å². The minimum atomic E-state index is 0.722. The van der Waals surface area contributed by atoms with Gasteiger partial charge in [0.1, 0.15) is 0 Å². The lowest BCUT2D eigenvalue weighted by atomic mass is 10.1. The van der Waals surface area contributed by atoms with Crippen molar-refractivity contribution in [3.8, 4) is 11.3 Å². The summed E-state index contributed by atoms with van der Waals surface area (Å²) in [6.07, 6.45) is 0.915. The lowest BCUT2D eigenvalue weighted by Gasteiger charge is -1.94. The van der Waals surface area contributed by atoms with E-state index in [4.69, 9.17) is 0 Å². The Hall–Kier alpha value is -1.39. The van der Waals surface area contributed by atoms with E-state index in [0.29, 0.717) is 0 Å². The summed E-state index contributed by atoms with van der Waals surface area (Å²) in [4.78, 5) is 14.6. The van der Waals surface area contributed by atoms with E-state index in [1.807, 2.05) is 35.0 Å². The van der Waals surface area contributed by atoms with Gasteiger partial charge in [0.05, 0.1) is 5.69 Å². The molecule has 0 saturated carbocycles. The monoisotopic (exact) mass is 305 g/mol. The van der Waals surface area contributed by atoms with Gasteiger partial charge < -0.3 is 4.98 Å². The third kappa shape index (κ3) is 1.73. The smallest absolute Gasteiger partial charge is 0.152 e. The summed E-state index contributed by atoms with van der Waals surface area (Å²) in [5.41, 5.74) is 3.66. The van der Waals surface area contributed by atoms with Gasteiger partial charge in [-0.2, -0.15) is 11.3 Å². The molecule has 1 aromatic carbocycles. The molecule has 17 heavy (non-hydrogen) atoms. The Bertz CT molecular complexity index is 685. The summed E-state index contributed by atoms with van der Waals surface area (Å²) in [5.74, 6) is 0. The van der Waals surface area contributed by atoms with Crippen LogP contribution in [-0.2, 0) is 0 Å².